The van der Waals surface area contributed by atoms with Gasteiger partial charge in [-0.05, 0) is 24.3 Å². The fourth-order valence-electron chi connectivity index (χ4n) is 3.03. The quantitative estimate of drug-likeness (QED) is 0.173. The van der Waals surface area contributed by atoms with Crippen LogP contribution in [0.25, 0.3) is 10.6 Å². The molecule has 0 amide bonds. The molecule has 34 heavy (non-hydrogen) atoms. The van der Waals surface area contributed by atoms with E-state index in [1.54, 1.807) is 6.08 Å². The van der Waals surface area contributed by atoms with Crippen molar-refractivity contribution in [2.24, 2.45) is 0 Å². The molecule has 2 aromatic heterocycles. The highest BCUT2D eigenvalue weighted by molar-refractivity contribution is 7.98. The van der Waals surface area contributed by atoms with Gasteiger partial charge in [-0.3, -0.25) is 4.57 Å². The molecule has 11 heteroatoms. The highest BCUT2D eigenvalue weighted by Gasteiger charge is 2.30. The smallest absolute Gasteiger partial charge is 0.416 e. The molecule has 4 aromatic rings. The lowest BCUT2D eigenvalue weighted by molar-refractivity contribution is -0.137. The van der Waals surface area contributed by atoms with Crippen molar-refractivity contribution in [3.05, 3.63) is 88.7 Å². The number of halogens is 4. The Hall–Kier alpha value is -2.82. The van der Waals surface area contributed by atoms with Crippen LogP contribution >= 0.6 is 34.7 Å². The summed E-state index contributed by atoms with van der Waals surface area (Å²) in [4.78, 5) is 4.66. The highest BCUT2D eigenvalue weighted by Crippen LogP contribution is 2.33. The van der Waals surface area contributed by atoms with Crippen LogP contribution in [0.4, 0.5) is 13.2 Å². The first kappa shape index (κ1) is 24.3. The van der Waals surface area contributed by atoms with E-state index in [1.807, 2.05) is 34.2 Å². The van der Waals surface area contributed by atoms with Gasteiger partial charge in [0.2, 0.25) is 0 Å². The third kappa shape index (κ3) is 5.81. The van der Waals surface area contributed by atoms with Crippen LogP contribution in [0.5, 0.6) is 5.75 Å². The lowest BCUT2D eigenvalue weighted by atomic mass is 10.2. The molecule has 0 aliphatic rings. The Labute approximate surface area is 207 Å². The largest absolute Gasteiger partial charge is 0.486 e. The van der Waals surface area contributed by atoms with E-state index in [-0.39, 0.29) is 12.4 Å². The Morgan fingerprint density at radius 1 is 1.15 bits per heavy atom. The van der Waals surface area contributed by atoms with Crippen LogP contribution in [0.3, 0.4) is 0 Å². The molecule has 176 valence electrons. The minimum absolute atomic E-state index is 0.0317. The maximum Gasteiger partial charge on any atom is 0.416 e. The van der Waals surface area contributed by atoms with E-state index >= 15 is 0 Å². The van der Waals surface area contributed by atoms with Crippen molar-refractivity contribution in [3.63, 3.8) is 0 Å². The van der Waals surface area contributed by atoms with Crippen molar-refractivity contribution in [2.75, 3.05) is 0 Å². The van der Waals surface area contributed by atoms with Crippen molar-refractivity contribution in [3.8, 4) is 16.3 Å². The monoisotopic (exact) mass is 522 g/mol. The number of benzene rings is 2. The summed E-state index contributed by atoms with van der Waals surface area (Å²) in [6, 6.07) is 12.3. The van der Waals surface area contributed by atoms with Crippen LogP contribution in [0.1, 0.15) is 17.1 Å². The van der Waals surface area contributed by atoms with Gasteiger partial charge in [-0.25, -0.2) is 4.98 Å². The molecular formula is C23H18ClF3N4OS2. The molecule has 0 unspecified atom stereocenters. The van der Waals surface area contributed by atoms with Gasteiger partial charge < -0.3 is 4.74 Å². The van der Waals surface area contributed by atoms with E-state index in [1.165, 1.54) is 35.2 Å². The molecule has 0 fully saturated rings. The van der Waals surface area contributed by atoms with Crippen LogP contribution in [0, 0.1) is 0 Å². The number of hydrogen-bond acceptors (Lipinski definition) is 6. The predicted molar refractivity (Wildman–Crippen MR) is 128 cm³/mol. The zero-order valence-corrected chi connectivity index (χ0v) is 20.0. The molecule has 0 saturated heterocycles. The maximum atomic E-state index is 12.9. The second kappa shape index (κ2) is 10.6. The Morgan fingerprint density at radius 2 is 1.97 bits per heavy atom. The third-order valence-electron chi connectivity index (χ3n) is 4.64. The second-order valence-corrected chi connectivity index (χ2v) is 9.23. The Kier molecular flexibility index (Phi) is 7.60. The number of allylic oxidation sites excluding steroid dienone is 1. The van der Waals surface area contributed by atoms with Gasteiger partial charge in [0.15, 0.2) is 11.0 Å². The van der Waals surface area contributed by atoms with E-state index in [9.17, 15) is 13.2 Å². The number of thiazole rings is 1. The molecule has 4 rings (SSSR count). The van der Waals surface area contributed by atoms with Crippen molar-refractivity contribution in [1.82, 2.24) is 19.7 Å². The van der Waals surface area contributed by atoms with Crippen LogP contribution in [-0.4, -0.2) is 19.7 Å². The van der Waals surface area contributed by atoms with Gasteiger partial charge in [0, 0.05) is 23.2 Å². The molecule has 0 N–H and O–H groups in total. The number of nitrogens with zero attached hydrogens (tertiary/aromatic N) is 4. The molecule has 0 atom stereocenters. The lowest BCUT2D eigenvalue weighted by Crippen LogP contribution is -2.08. The number of alkyl halides is 3. The number of thioether (sulfide) groups is 1. The molecular weight excluding hydrogens is 505 g/mol. The van der Waals surface area contributed by atoms with E-state index in [0.717, 1.165) is 28.4 Å². The number of ether oxygens (including phenoxy) is 1. The summed E-state index contributed by atoms with van der Waals surface area (Å²) in [6.45, 7) is 4.16. The average Bonchev–Trinajstić information content (AvgIpc) is 3.44. The van der Waals surface area contributed by atoms with Crippen molar-refractivity contribution in [2.45, 2.75) is 30.2 Å². The molecule has 0 aliphatic heterocycles. The SMILES string of the molecule is C=CCn1c(COc2cccc(C(F)(F)F)c2)nnc1SCc1csc(-c2ccccc2Cl)n1. The molecule has 0 aliphatic carbocycles. The average molecular weight is 523 g/mol. The van der Waals surface area contributed by atoms with Crippen molar-refractivity contribution in [1.29, 1.82) is 0 Å². The van der Waals surface area contributed by atoms with Gasteiger partial charge in [0.1, 0.15) is 17.4 Å². The normalized spacial score (nSPS) is 11.5. The zero-order valence-electron chi connectivity index (χ0n) is 17.6. The summed E-state index contributed by atoms with van der Waals surface area (Å²) in [5.74, 6) is 1.15. The topological polar surface area (TPSA) is 52.8 Å². The van der Waals surface area contributed by atoms with Gasteiger partial charge in [-0.2, -0.15) is 13.2 Å². The van der Waals surface area contributed by atoms with E-state index in [2.05, 4.69) is 21.8 Å². The summed E-state index contributed by atoms with van der Waals surface area (Å²) in [7, 11) is 0. The van der Waals surface area contributed by atoms with Gasteiger partial charge in [-0.1, -0.05) is 53.7 Å². The molecule has 5 nitrogen and oxygen atoms in total. The number of hydrogen-bond donors (Lipinski definition) is 0. The first-order valence-corrected chi connectivity index (χ1v) is 12.2. The van der Waals surface area contributed by atoms with Gasteiger partial charge in [0.25, 0.3) is 0 Å². The minimum atomic E-state index is -4.44. The predicted octanol–water partition coefficient (Wildman–Crippen LogP) is 7.13. The maximum absolute atomic E-state index is 12.9. The van der Waals surface area contributed by atoms with Gasteiger partial charge in [-0.15, -0.1) is 28.1 Å². The Balaban J connectivity index is 1.44. The fraction of sp³-hybridized carbons (Fsp3) is 0.174. The van der Waals surface area contributed by atoms with E-state index < -0.39 is 11.7 Å². The first-order valence-electron chi connectivity index (χ1n) is 10.0. The third-order valence-corrected chi connectivity index (χ3v) is 6.89. The van der Waals surface area contributed by atoms with Crippen molar-refractivity contribution < 1.29 is 17.9 Å². The van der Waals surface area contributed by atoms with Crippen molar-refractivity contribution >= 4 is 34.7 Å². The molecule has 0 bridgehead atoms. The minimum Gasteiger partial charge on any atom is -0.486 e. The Bertz CT molecular complexity index is 1290. The first-order chi connectivity index (χ1) is 16.3. The zero-order chi connectivity index (χ0) is 24.1. The number of rotatable bonds is 9. The molecule has 2 aromatic carbocycles. The lowest BCUT2D eigenvalue weighted by Gasteiger charge is -2.11. The molecule has 2 heterocycles. The van der Waals surface area contributed by atoms with Crippen LogP contribution < -0.4 is 4.74 Å². The summed E-state index contributed by atoms with van der Waals surface area (Å²) >= 11 is 9.23. The van der Waals surface area contributed by atoms with Crippen LogP contribution in [0.2, 0.25) is 5.02 Å². The van der Waals surface area contributed by atoms with E-state index in [4.69, 9.17) is 16.3 Å². The molecule has 0 saturated carbocycles. The van der Waals surface area contributed by atoms with Gasteiger partial charge >= 0.3 is 6.18 Å². The van der Waals surface area contributed by atoms with Crippen LogP contribution in [-0.2, 0) is 25.1 Å². The summed E-state index contributed by atoms with van der Waals surface area (Å²) in [5.41, 5.74) is 0.988. The summed E-state index contributed by atoms with van der Waals surface area (Å²) in [5, 5.41) is 12.5. The second-order valence-electron chi connectivity index (χ2n) is 7.02. The fourth-order valence-corrected chi connectivity index (χ4v) is 5.13. The van der Waals surface area contributed by atoms with Gasteiger partial charge in [0.05, 0.1) is 16.3 Å². The number of aromatic nitrogens is 4. The highest BCUT2D eigenvalue weighted by atomic mass is 35.5. The summed E-state index contributed by atoms with van der Waals surface area (Å²) in [6.07, 6.45) is -2.74. The Morgan fingerprint density at radius 3 is 2.74 bits per heavy atom. The molecule has 0 spiro atoms. The van der Waals surface area contributed by atoms with Crippen LogP contribution in [0.15, 0.2) is 71.7 Å². The standard InChI is InChI=1S/C23H18ClF3N4OS2/c1-2-10-31-20(12-32-17-7-5-6-15(11-17)23(25,26)27)29-30-22(31)34-14-16-13-33-21(28-16)18-8-3-4-9-19(18)24/h2-9,11,13H,1,10,12,14H2. The van der Waals surface area contributed by atoms with E-state index in [0.29, 0.717) is 28.3 Å². The molecule has 0 radical (unpaired) electrons. The summed E-state index contributed by atoms with van der Waals surface area (Å²) < 4.78 is 46.2.